The largest absolute Gasteiger partial charge is 0.462 e. The Labute approximate surface area is 342 Å². The monoisotopic (exact) mass is 779 g/mol. The number of carbonyl (C=O) groups excluding carboxylic acids is 3. The highest BCUT2D eigenvalue weighted by atomic mass is 16.6. The van der Waals surface area contributed by atoms with Gasteiger partial charge in [-0.3, -0.25) is 14.4 Å². The van der Waals surface area contributed by atoms with E-state index in [4.69, 9.17) is 14.2 Å². The van der Waals surface area contributed by atoms with Crippen LogP contribution in [-0.4, -0.2) is 37.2 Å². The number of unbranched alkanes of at least 4 members (excludes halogenated alkanes) is 34. The van der Waals surface area contributed by atoms with E-state index in [-0.39, 0.29) is 31.1 Å². The molecule has 0 radical (unpaired) electrons. The molecule has 0 N–H and O–H groups in total. The molecule has 0 aliphatic rings. The molecule has 6 heteroatoms. The SMILES string of the molecule is CCCCCCCCCCCCCCCCCCCCCC(=O)OC[C@@H](COC(=O)CCCCCCCCCCCCC)OC(=O)CCCCCCCCC. The van der Waals surface area contributed by atoms with E-state index in [2.05, 4.69) is 20.8 Å². The van der Waals surface area contributed by atoms with E-state index in [0.29, 0.717) is 19.3 Å². The summed E-state index contributed by atoms with van der Waals surface area (Å²) in [6, 6.07) is 0. The van der Waals surface area contributed by atoms with E-state index in [9.17, 15) is 14.4 Å². The van der Waals surface area contributed by atoms with E-state index in [1.54, 1.807) is 0 Å². The molecule has 0 fully saturated rings. The molecule has 0 aliphatic carbocycles. The van der Waals surface area contributed by atoms with Gasteiger partial charge in [-0.2, -0.15) is 0 Å². The van der Waals surface area contributed by atoms with Crippen LogP contribution in [0.15, 0.2) is 0 Å². The third kappa shape index (κ3) is 43.4. The van der Waals surface area contributed by atoms with E-state index in [1.807, 2.05) is 0 Å². The van der Waals surface area contributed by atoms with Crippen molar-refractivity contribution in [2.24, 2.45) is 0 Å². The van der Waals surface area contributed by atoms with Crippen LogP contribution in [0.5, 0.6) is 0 Å². The topological polar surface area (TPSA) is 78.9 Å². The molecule has 0 aromatic heterocycles. The van der Waals surface area contributed by atoms with Crippen LogP contribution in [0, 0.1) is 0 Å². The predicted octanol–water partition coefficient (Wildman–Crippen LogP) is 15.6. The minimum atomic E-state index is -0.757. The Balaban J connectivity index is 4.13. The summed E-state index contributed by atoms with van der Waals surface area (Å²) < 4.78 is 16.7. The van der Waals surface area contributed by atoms with Crippen LogP contribution in [0.1, 0.15) is 278 Å². The molecule has 0 amide bonds. The van der Waals surface area contributed by atoms with Crippen LogP contribution in [0.3, 0.4) is 0 Å². The van der Waals surface area contributed by atoms with Crippen LogP contribution in [0.4, 0.5) is 0 Å². The van der Waals surface area contributed by atoms with Gasteiger partial charge in [-0.1, -0.05) is 239 Å². The van der Waals surface area contributed by atoms with Crippen LogP contribution in [0.2, 0.25) is 0 Å². The maximum Gasteiger partial charge on any atom is 0.306 e. The van der Waals surface area contributed by atoms with Gasteiger partial charge in [-0.15, -0.1) is 0 Å². The van der Waals surface area contributed by atoms with Crippen molar-refractivity contribution in [3.05, 3.63) is 0 Å². The summed E-state index contributed by atoms with van der Waals surface area (Å²) in [4.78, 5) is 37.6. The Kier molecular flexibility index (Phi) is 43.8. The third-order valence-electron chi connectivity index (χ3n) is 11.1. The Hall–Kier alpha value is -1.59. The van der Waals surface area contributed by atoms with Crippen molar-refractivity contribution in [2.75, 3.05) is 13.2 Å². The molecule has 0 aromatic carbocycles. The van der Waals surface area contributed by atoms with Crippen molar-refractivity contribution >= 4 is 17.9 Å². The van der Waals surface area contributed by atoms with E-state index in [0.717, 1.165) is 57.8 Å². The second-order valence-corrected chi connectivity index (χ2v) is 16.7. The maximum absolute atomic E-state index is 12.6. The summed E-state index contributed by atoms with van der Waals surface area (Å²) in [6.45, 7) is 6.62. The summed E-state index contributed by atoms with van der Waals surface area (Å²) in [6.07, 6.45) is 46.8. The summed E-state index contributed by atoms with van der Waals surface area (Å²) in [7, 11) is 0. The fourth-order valence-electron chi connectivity index (χ4n) is 7.38. The molecular formula is C49H94O6. The second-order valence-electron chi connectivity index (χ2n) is 16.7. The van der Waals surface area contributed by atoms with Crippen molar-refractivity contribution in [2.45, 2.75) is 284 Å². The van der Waals surface area contributed by atoms with Gasteiger partial charge in [0.05, 0.1) is 0 Å². The van der Waals surface area contributed by atoms with Gasteiger partial charge in [0.15, 0.2) is 6.10 Å². The van der Waals surface area contributed by atoms with Crippen molar-refractivity contribution in [3.8, 4) is 0 Å². The zero-order valence-electron chi connectivity index (χ0n) is 37.2. The van der Waals surface area contributed by atoms with Crippen LogP contribution >= 0.6 is 0 Å². The summed E-state index contributed by atoms with van der Waals surface area (Å²) in [5.74, 6) is -0.855. The minimum absolute atomic E-state index is 0.0631. The van der Waals surface area contributed by atoms with E-state index >= 15 is 0 Å². The Bertz CT molecular complexity index is 813. The molecule has 0 heterocycles. The quantitative estimate of drug-likeness (QED) is 0.0348. The molecular weight excluding hydrogens is 685 g/mol. The lowest BCUT2D eigenvalue weighted by Gasteiger charge is -2.18. The zero-order chi connectivity index (χ0) is 40.1. The number of ether oxygens (including phenoxy) is 3. The Morgan fingerprint density at radius 2 is 0.491 bits per heavy atom. The predicted molar refractivity (Wildman–Crippen MR) is 233 cm³/mol. The normalized spacial score (nSPS) is 11.8. The number of carbonyl (C=O) groups is 3. The molecule has 326 valence electrons. The molecule has 0 saturated heterocycles. The lowest BCUT2D eigenvalue weighted by atomic mass is 10.0. The van der Waals surface area contributed by atoms with Crippen LogP contribution in [-0.2, 0) is 28.6 Å². The molecule has 0 saturated carbocycles. The lowest BCUT2D eigenvalue weighted by molar-refractivity contribution is -0.167. The highest BCUT2D eigenvalue weighted by Gasteiger charge is 2.19. The minimum Gasteiger partial charge on any atom is -0.462 e. The van der Waals surface area contributed by atoms with Gasteiger partial charge in [0.2, 0.25) is 0 Å². The van der Waals surface area contributed by atoms with E-state index in [1.165, 1.54) is 180 Å². The average Bonchev–Trinajstić information content (AvgIpc) is 3.18. The van der Waals surface area contributed by atoms with Crippen molar-refractivity contribution in [3.63, 3.8) is 0 Å². The number of hydrogen-bond acceptors (Lipinski definition) is 6. The van der Waals surface area contributed by atoms with Crippen molar-refractivity contribution in [1.82, 2.24) is 0 Å². The first-order valence-electron chi connectivity index (χ1n) is 24.5. The number of esters is 3. The summed E-state index contributed by atoms with van der Waals surface area (Å²) in [5.41, 5.74) is 0. The zero-order valence-corrected chi connectivity index (χ0v) is 37.2. The highest BCUT2D eigenvalue weighted by molar-refractivity contribution is 5.71. The first kappa shape index (κ1) is 53.4. The fourth-order valence-corrected chi connectivity index (χ4v) is 7.38. The number of hydrogen-bond donors (Lipinski definition) is 0. The second kappa shape index (κ2) is 45.1. The molecule has 0 aliphatic heterocycles. The summed E-state index contributed by atoms with van der Waals surface area (Å²) >= 11 is 0. The lowest BCUT2D eigenvalue weighted by Crippen LogP contribution is -2.30. The molecule has 0 spiro atoms. The van der Waals surface area contributed by atoms with Gasteiger partial charge in [-0.25, -0.2) is 0 Å². The molecule has 6 nitrogen and oxygen atoms in total. The van der Waals surface area contributed by atoms with Gasteiger partial charge in [0.25, 0.3) is 0 Å². The van der Waals surface area contributed by atoms with Gasteiger partial charge in [0.1, 0.15) is 13.2 Å². The third-order valence-corrected chi connectivity index (χ3v) is 11.1. The molecule has 1 atom stereocenters. The summed E-state index contributed by atoms with van der Waals surface area (Å²) in [5, 5.41) is 0. The van der Waals surface area contributed by atoms with Crippen molar-refractivity contribution in [1.29, 1.82) is 0 Å². The average molecular weight is 779 g/mol. The van der Waals surface area contributed by atoms with Gasteiger partial charge in [0, 0.05) is 19.3 Å². The Morgan fingerprint density at radius 1 is 0.291 bits per heavy atom. The van der Waals surface area contributed by atoms with Crippen LogP contribution in [0.25, 0.3) is 0 Å². The van der Waals surface area contributed by atoms with E-state index < -0.39 is 6.10 Å². The first-order chi connectivity index (χ1) is 27.0. The van der Waals surface area contributed by atoms with Gasteiger partial charge in [-0.05, 0) is 19.3 Å². The smallest absolute Gasteiger partial charge is 0.306 e. The first-order valence-corrected chi connectivity index (χ1v) is 24.5. The molecule has 0 bridgehead atoms. The number of rotatable bonds is 45. The maximum atomic E-state index is 12.6. The molecule has 0 rings (SSSR count). The van der Waals surface area contributed by atoms with Gasteiger partial charge >= 0.3 is 17.9 Å². The fraction of sp³-hybridized carbons (Fsp3) is 0.939. The standard InChI is InChI=1S/C49H94O6/c1-4-7-10-13-16-18-20-21-22-23-24-25-26-27-29-31-34-36-39-42-48(51)54-45-46(55-49(52)43-40-37-32-15-12-9-6-3)44-53-47(50)41-38-35-33-30-28-19-17-14-11-8-5-2/h46H,4-45H2,1-3H3/t46-/m1/s1. The Morgan fingerprint density at radius 3 is 0.727 bits per heavy atom. The van der Waals surface area contributed by atoms with Gasteiger partial charge < -0.3 is 14.2 Å². The molecule has 0 unspecified atom stereocenters. The molecule has 0 aromatic rings. The van der Waals surface area contributed by atoms with Crippen molar-refractivity contribution < 1.29 is 28.6 Å². The van der Waals surface area contributed by atoms with Crippen LogP contribution < -0.4 is 0 Å². The molecule has 55 heavy (non-hydrogen) atoms. The highest BCUT2D eigenvalue weighted by Crippen LogP contribution is 2.16.